The van der Waals surface area contributed by atoms with Crippen molar-refractivity contribution in [1.29, 1.82) is 0 Å². The van der Waals surface area contributed by atoms with Crippen LogP contribution in [0.1, 0.15) is 5.56 Å². The van der Waals surface area contributed by atoms with Crippen LogP contribution in [0.2, 0.25) is 5.15 Å². The number of nitrogens with zero attached hydrogens (tertiary/aromatic N) is 1. The number of hydrogen-bond donors (Lipinski definition) is 1. The number of esters is 1. The molecule has 2 aromatic rings. The van der Waals surface area contributed by atoms with Crippen molar-refractivity contribution in [2.24, 2.45) is 0 Å². The summed E-state index contributed by atoms with van der Waals surface area (Å²) in [4.78, 5) is 27.0. The minimum absolute atomic E-state index is 0.195. The predicted molar refractivity (Wildman–Crippen MR) is 97.4 cm³/mol. The van der Waals surface area contributed by atoms with Gasteiger partial charge in [-0.05, 0) is 35.9 Å². The van der Waals surface area contributed by atoms with Gasteiger partial charge in [0.2, 0.25) is 0 Å². The van der Waals surface area contributed by atoms with Gasteiger partial charge in [0.15, 0.2) is 23.3 Å². The quantitative estimate of drug-likeness (QED) is 0.454. The normalized spacial score (nSPS) is 10.4. The lowest BCUT2D eigenvalue weighted by Gasteiger charge is -2.12. The molecule has 1 amide bonds. The van der Waals surface area contributed by atoms with Crippen LogP contribution in [0, 0.1) is 0 Å². The molecule has 136 valence electrons. The maximum atomic E-state index is 12.0. The highest BCUT2D eigenvalue weighted by Crippen LogP contribution is 2.28. The Labute approximate surface area is 155 Å². The van der Waals surface area contributed by atoms with Gasteiger partial charge in [-0.3, -0.25) is 4.79 Å². The first kappa shape index (κ1) is 19.3. The maximum Gasteiger partial charge on any atom is 0.330 e. The molecule has 0 saturated carbocycles. The molecular weight excluding hydrogens is 360 g/mol. The number of carbonyl (C=O) groups excluding carboxylic acids is 2. The molecule has 1 heterocycles. The van der Waals surface area contributed by atoms with Gasteiger partial charge in [-0.25, -0.2) is 9.78 Å². The second-order valence-corrected chi connectivity index (χ2v) is 5.30. The number of aromatic nitrogens is 1. The molecule has 0 atom stereocenters. The molecule has 8 heteroatoms. The van der Waals surface area contributed by atoms with Crippen LogP contribution in [0.4, 0.5) is 5.69 Å². The summed E-state index contributed by atoms with van der Waals surface area (Å²) in [6.07, 6.45) is 4.39. The Morgan fingerprint density at radius 1 is 1.23 bits per heavy atom. The first-order valence-corrected chi connectivity index (χ1v) is 7.88. The number of methoxy groups -OCH3 is 2. The van der Waals surface area contributed by atoms with Gasteiger partial charge in [0.1, 0.15) is 0 Å². The number of halogens is 1. The number of ether oxygens (including phenoxy) is 3. The van der Waals surface area contributed by atoms with Crippen molar-refractivity contribution in [2.45, 2.75) is 0 Å². The van der Waals surface area contributed by atoms with Crippen molar-refractivity contribution in [3.05, 3.63) is 53.3 Å². The summed E-state index contributed by atoms with van der Waals surface area (Å²) in [5.74, 6) is -0.0500. The Hall–Kier alpha value is -3.06. The second-order valence-electron chi connectivity index (χ2n) is 4.95. The minimum Gasteiger partial charge on any atom is -0.493 e. The number of amides is 1. The van der Waals surface area contributed by atoms with Crippen molar-refractivity contribution >= 4 is 35.2 Å². The Bertz CT molecular complexity index is 823. The summed E-state index contributed by atoms with van der Waals surface area (Å²) in [5, 5.41) is 2.80. The number of anilines is 1. The molecule has 0 fully saturated rings. The first-order chi connectivity index (χ1) is 12.5. The van der Waals surface area contributed by atoms with Gasteiger partial charge in [-0.1, -0.05) is 17.7 Å². The molecule has 0 aliphatic carbocycles. The van der Waals surface area contributed by atoms with Crippen molar-refractivity contribution in [2.75, 3.05) is 26.1 Å². The summed E-state index contributed by atoms with van der Waals surface area (Å²) < 4.78 is 15.3. The zero-order valence-electron chi connectivity index (χ0n) is 14.2. The van der Waals surface area contributed by atoms with E-state index < -0.39 is 11.9 Å². The molecule has 0 spiro atoms. The SMILES string of the molecule is COC(=O)/C=C/c1ccc(OCC(=O)Nc2cccnc2Cl)c(OC)c1. The number of carbonyl (C=O) groups is 2. The molecule has 26 heavy (non-hydrogen) atoms. The van der Waals surface area contributed by atoms with E-state index in [0.717, 1.165) is 0 Å². The summed E-state index contributed by atoms with van der Waals surface area (Å²) in [7, 11) is 2.78. The monoisotopic (exact) mass is 376 g/mol. The van der Waals surface area contributed by atoms with E-state index in [0.29, 0.717) is 22.7 Å². The van der Waals surface area contributed by atoms with Gasteiger partial charge in [-0.2, -0.15) is 0 Å². The highest BCUT2D eigenvalue weighted by atomic mass is 35.5. The van der Waals surface area contributed by atoms with Crippen LogP contribution in [0.3, 0.4) is 0 Å². The Morgan fingerprint density at radius 3 is 2.73 bits per heavy atom. The van der Waals surface area contributed by atoms with E-state index in [2.05, 4.69) is 15.0 Å². The summed E-state index contributed by atoms with van der Waals surface area (Å²) >= 11 is 5.89. The number of nitrogens with one attached hydrogen (secondary N) is 1. The van der Waals surface area contributed by atoms with E-state index in [-0.39, 0.29) is 11.8 Å². The smallest absolute Gasteiger partial charge is 0.330 e. The molecule has 0 radical (unpaired) electrons. The van der Waals surface area contributed by atoms with Gasteiger partial charge < -0.3 is 19.5 Å². The van der Waals surface area contributed by atoms with E-state index >= 15 is 0 Å². The van der Waals surface area contributed by atoms with E-state index in [1.807, 2.05) is 0 Å². The second kappa shape index (κ2) is 9.43. The van der Waals surface area contributed by atoms with Crippen molar-refractivity contribution in [3.63, 3.8) is 0 Å². The van der Waals surface area contributed by atoms with Crippen LogP contribution in [0.25, 0.3) is 6.08 Å². The average molecular weight is 377 g/mol. The highest BCUT2D eigenvalue weighted by Gasteiger charge is 2.10. The summed E-state index contributed by atoms with van der Waals surface area (Å²) in [6.45, 7) is -0.237. The van der Waals surface area contributed by atoms with Crippen LogP contribution < -0.4 is 14.8 Å². The zero-order valence-corrected chi connectivity index (χ0v) is 14.9. The first-order valence-electron chi connectivity index (χ1n) is 7.50. The molecule has 0 unspecified atom stereocenters. The fourth-order valence-electron chi connectivity index (χ4n) is 1.95. The van der Waals surface area contributed by atoms with Crippen LogP contribution in [-0.2, 0) is 14.3 Å². The Morgan fingerprint density at radius 2 is 2.04 bits per heavy atom. The lowest BCUT2D eigenvalue weighted by atomic mass is 10.2. The molecular formula is C18H17ClN2O5. The highest BCUT2D eigenvalue weighted by molar-refractivity contribution is 6.32. The third-order valence-corrected chi connectivity index (χ3v) is 3.49. The van der Waals surface area contributed by atoms with Gasteiger partial charge >= 0.3 is 5.97 Å². The van der Waals surface area contributed by atoms with Gasteiger partial charge in [0.05, 0.1) is 19.9 Å². The number of rotatable bonds is 7. The number of benzene rings is 1. The number of hydrogen-bond acceptors (Lipinski definition) is 6. The van der Waals surface area contributed by atoms with Crippen molar-refractivity contribution in [1.82, 2.24) is 4.98 Å². The van der Waals surface area contributed by atoms with Gasteiger partial charge in [0.25, 0.3) is 5.91 Å². The van der Waals surface area contributed by atoms with Gasteiger partial charge in [-0.15, -0.1) is 0 Å². The largest absolute Gasteiger partial charge is 0.493 e. The van der Waals surface area contributed by atoms with E-state index in [1.54, 1.807) is 36.4 Å². The maximum absolute atomic E-state index is 12.0. The molecule has 0 bridgehead atoms. The lowest BCUT2D eigenvalue weighted by Crippen LogP contribution is -2.20. The average Bonchev–Trinajstić information content (AvgIpc) is 2.66. The van der Waals surface area contributed by atoms with Crippen LogP contribution >= 0.6 is 11.6 Å². The molecule has 0 aliphatic heterocycles. The molecule has 1 aromatic carbocycles. The summed E-state index contributed by atoms with van der Waals surface area (Å²) in [5.41, 5.74) is 1.12. The standard InChI is InChI=1S/C18H17ClN2O5/c1-24-15-10-12(6-8-17(23)25-2)5-7-14(15)26-11-16(22)21-13-4-3-9-20-18(13)19/h3-10H,11H2,1-2H3,(H,21,22)/b8-6+. The molecule has 1 N–H and O–H groups in total. The van der Waals surface area contributed by atoms with Crippen LogP contribution in [-0.4, -0.2) is 37.7 Å². The topological polar surface area (TPSA) is 86.8 Å². The third-order valence-electron chi connectivity index (χ3n) is 3.19. The number of pyridine rings is 1. The van der Waals surface area contributed by atoms with Crippen molar-refractivity contribution < 1.29 is 23.8 Å². The zero-order chi connectivity index (χ0) is 18.9. The van der Waals surface area contributed by atoms with Crippen LogP contribution in [0.5, 0.6) is 11.5 Å². The van der Waals surface area contributed by atoms with Crippen molar-refractivity contribution in [3.8, 4) is 11.5 Å². The molecule has 1 aromatic heterocycles. The minimum atomic E-state index is -0.463. The van der Waals surface area contributed by atoms with Crippen LogP contribution in [0.15, 0.2) is 42.6 Å². The van der Waals surface area contributed by atoms with E-state index in [4.69, 9.17) is 21.1 Å². The lowest BCUT2D eigenvalue weighted by molar-refractivity contribution is -0.134. The molecule has 0 aliphatic rings. The fraction of sp³-hybridized carbons (Fsp3) is 0.167. The molecule has 2 rings (SSSR count). The molecule has 7 nitrogen and oxygen atoms in total. The van der Waals surface area contributed by atoms with E-state index in [1.165, 1.54) is 26.5 Å². The van der Waals surface area contributed by atoms with E-state index in [9.17, 15) is 9.59 Å². The Balaban J connectivity index is 2.00. The summed E-state index contributed by atoms with van der Waals surface area (Å²) in [6, 6.07) is 8.32. The van der Waals surface area contributed by atoms with Gasteiger partial charge in [0, 0.05) is 12.3 Å². The molecule has 0 saturated heterocycles. The fourth-order valence-corrected chi connectivity index (χ4v) is 2.11. The Kier molecular flexibility index (Phi) is 6.99. The third kappa shape index (κ3) is 5.49. The predicted octanol–water partition coefficient (Wildman–Crippen LogP) is 2.95.